The lowest BCUT2D eigenvalue weighted by Gasteiger charge is -2.34. The molecule has 23 aromatic rings. The van der Waals surface area contributed by atoms with E-state index in [1.165, 1.54) is 111 Å². The lowest BCUT2D eigenvalue weighted by atomic mass is 9.67. The van der Waals surface area contributed by atoms with Gasteiger partial charge in [0.1, 0.15) is 11.5 Å². The fourth-order valence-corrected chi connectivity index (χ4v) is 22.4. The molecule has 0 saturated carbocycles. The van der Waals surface area contributed by atoms with Crippen LogP contribution in [-0.2, 0) is 10.8 Å². The van der Waals surface area contributed by atoms with Gasteiger partial charge in [0.2, 0.25) is 0 Å². The van der Waals surface area contributed by atoms with Crippen LogP contribution in [0.2, 0.25) is 0 Å². The first-order chi connectivity index (χ1) is 70.3. The summed E-state index contributed by atoms with van der Waals surface area (Å²) in [6, 6.07) is 205. The van der Waals surface area contributed by atoms with Crippen LogP contribution < -0.4 is 9.80 Å². The van der Waals surface area contributed by atoms with E-state index in [0.717, 1.165) is 112 Å². The van der Waals surface area contributed by atoms with Crippen LogP contribution in [0.25, 0.3) is 144 Å². The summed E-state index contributed by atoms with van der Waals surface area (Å²) < 4.78 is 0. The van der Waals surface area contributed by atoms with E-state index < -0.39 is 10.8 Å². The molecule has 0 radical (unpaired) electrons. The van der Waals surface area contributed by atoms with Crippen molar-refractivity contribution in [2.45, 2.75) is 10.8 Å². The number of hydrogen-bond donors (Lipinski definition) is 2. The van der Waals surface area contributed by atoms with Gasteiger partial charge in [-0.3, -0.25) is 0 Å². The molecule has 2 aliphatic rings. The monoisotopic (exact) mass is 1810 g/mol. The van der Waals surface area contributed by atoms with E-state index in [1.807, 2.05) is 36.4 Å². The Morgan fingerprint density at radius 3 is 0.803 bits per heavy atom. The van der Waals surface area contributed by atoms with E-state index in [4.69, 9.17) is 0 Å². The highest BCUT2D eigenvalue weighted by molar-refractivity contribution is 6.02. The molecule has 142 heavy (non-hydrogen) atoms. The molecule has 0 atom stereocenters. The van der Waals surface area contributed by atoms with Gasteiger partial charge in [0, 0.05) is 44.9 Å². The predicted molar refractivity (Wildman–Crippen MR) is 592 cm³/mol. The summed E-state index contributed by atoms with van der Waals surface area (Å²) >= 11 is 0. The average molecular weight is 1810 g/mol. The quantitative estimate of drug-likeness (QED) is 0.0798. The summed E-state index contributed by atoms with van der Waals surface area (Å²) in [5, 5.41) is 24.3. The molecule has 0 unspecified atom stereocenters. The molecule has 0 bridgehead atoms. The van der Waals surface area contributed by atoms with Gasteiger partial charge >= 0.3 is 0 Å². The SMILES string of the molecule is Oc1ccccc1-c1cccc(-c2ccccc2N(c2ccc(-c3ccc(-c4cccc5ccccc45)cc3)cc2)c2ccc(-c3cccc4c3-c3ccccc3C4(c3ccccc3)c3ccccc3)cc2)c1.Oc1ccccc1-c1cccc(-c2ccccc2N(c2ccc(-c3cccc4c3-c3ccccc3C4(c3ccccc3)c3ccccc3)cc2)c2ccccc2-c2ccc(-c3ccccc3)cc2)c1. The maximum Gasteiger partial charge on any atom is 0.123 e. The van der Waals surface area contributed by atoms with Crippen LogP contribution in [0.4, 0.5) is 34.1 Å². The zero-order valence-corrected chi connectivity index (χ0v) is 78.1. The van der Waals surface area contributed by atoms with Crippen molar-refractivity contribution in [2.24, 2.45) is 0 Å². The molecule has 0 aromatic heterocycles. The smallest absolute Gasteiger partial charge is 0.123 e. The van der Waals surface area contributed by atoms with E-state index >= 15 is 0 Å². The maximum absolute atomic E-state index is 10.9. The zero-order valence-electron chi connectivity index (χ0n) is 78.1. The molecule has 2 aliphatic carbocycles. The number of rotatable bonds is 20. The lowest BCUT2D eigenvalue weighted by Crippen LogP contribution is -2.28. The Hall–Kier alpha value is -18.5. The summed E-state index contributed by atoms with van der Waals surface area (Å²) in [6.07, 6.45) is 0. The van der Waals surface area contributed by atoms with Crippen molar-refractivity contribution in [3.05, 3.63) is 615 Å². The molecule has 0 amide bonds. The molecule has 0 saturated heterocycles. The minimum Gasteiger partial charge on any atom is -0.507 e. The Bertz CT molecular complexity index is 8480. The van der Waals surface area contributed by atoms with E-state index in [2.05, 4.69) is 532 Å². The number of anilines is 6. The normalized spacial score (nSPS) is 12.3. The lowest BCUT2D eigenvalue weighted by molar-refractivity contribution is 0.477. The van der Waals surface area contributed by atoms with Gasteiger partial charge in [-0.1, -0.05) is 491 Å². The zero-order chi connectivity index (χ0) is 94.9. The first-order valence-electron chi connectivity index (χ1n) is 48.7. The van der Waals surface area contributed by atoms with Crippen LogP contribution in [0.3, 0.4) is 0 Å². The minimum atomic E-state index is -0.482. The molecule has 0 aliphatic heterocycles. The number of fused-ring (bicyclic) bond motifs is 7. The van der Waals surface area contributed by atoms with Crippen molar-refractivity contribution in [1.82, 2.24) is 0 Å². The van der Waals surface area contributed by atoms with Crippen LogP contribution in [0, 0.1) is 0 Å². The van der Waals surface area contributed by atoms with Crippen LogP contribution in [-0.4, -0.2) is 10.2 Å². The van der Waals surface area contributed by atoms with E-state index in [9.17, 15) is 10.2 Å². The van der Waals surface area contributed by atoms with Gasteiger partial charge in [0.05, 0.1) is 27.9 Å². The first-order valence-corrected chi connectivity index (χ1v) is 48.7. The number of aromatic hydroxyl groups is 2. The Morgan fingerprint density at radius 2 is 0.387 bits per heavy atom. The van der Waals surface area contributed by atoms with Crippen molar-refractivity contribution >= 4 is 44.9 Å². The molecule has 25 rings (SSSR count). The Labute approximate surface area is 829 Å². The summed E-state index contributed by atoms with van der Waals surface area (Å²) in [5.41, 5.74) is 42.4. The summed E-state index contributed by atoms with van der Waals surface area (Å²) in [6.45, 7) is 0. The Kier molecular flexibility index (Phi) is 22.8. The highest BCUT2D eigenvalue weighted by atomic mass is 16.3. The molecule has 23 aromatic carbocycles. The number of nitrogens with zero attached hydrogens (tertiary/aromatic N) is 2. The molecule has 0 heterocycles. The van der Waals surface area contributed by atoms with Gasteiger partial charge in [-0.05, 0) is 240 Å². The summed E-state index contributed by atoms with van der Waals surface area (Å²) in [7, 11) is 0. The molecule has 0 spiro atoms. The maximum atomic E-state index is 10.9. The molecule has 670 valence electrons. The van der Waals surface area contributed by atoms with E-state index in [-0.39, 0.29) is 11.5 Å². The van der Waals surface area contributed by atoms with E-state index in [0.29, 0.717) is 0 Å². The summed E-state index contributed by atoms with van der Waals surface area (Å²) in [4.78, 5) is 4.78. The third-order valence-corrected chi connectivity index (χ3v) is 28.8. The second kappa shape index (κ2) is 37.5. The van der Waals surface area contributed by atoms with Gasteiger partial charge in [-0.15, -0.1) is 0 Å². The number of phenolic OH excluding ortho intramolecular Hbond substituents is 2. The van der Waals surface area contributed by atoms with Gasteiger partial charge in [-0.2, -0.15) is 0 Å². The second-order valence-electron chi connectivity index (χ2n) is 36.6. The molecule has 0 fully saturated rings. The van der Waals surface area contributed by atoms with Crippen molar-refractivity contribution in [1.29, 1.82) is 0 Å². The number of para-hydroxylation sites is 5. The standard InChI is InChI=1S/C71H49NO.C67H47NO/c73-69-35-14-11-28-63(69)55-21-15-20-54(48-55)62-27-10-13-34-68(62)72(58-44-40-50(41-45-58)49-36-38-52(39-37-49)61-30-16-19-51-18-7-8-26-60(51)61)59-46-42-53(43-47-59)64-31-17-33-67-70(64)65-29-9-12-32-66(65)71(67,56-22-3-1-4-23-56)57-24-5-2-6-25-57;69-65-37-17-13-30-58(65)52-23-18-22-51(46-52)57-29-12-16-36-64(57)68(63-35-15-11-28-56(63)49-40-38-48(39-41-49)47-20-4-1-5-21-47)55-44-42-50(43-45-55)59-32-19-34-62-66(59)60-31-10-14-33-61(60)67(62,53-24-6-2-7-25-53)54-26-8-3-9-27-54/h1-48,73H;1-46,69H. The molecule has 4 nitrogen and oxygen atoms in total. The van der Waals surface area contributed by atoms with Crippen LogP contribution in [0.15, 0.2) is 570 Å². The largest absolute Gasteiger partial charge is 0.507 e. The van der Waals surface area contributed by atoms with Crippen LogP contribution in [0.5, 0.6) is 11.5 Å². The summed E-state index contributed by atoms with van der Waals surface area (Å²) in [5.74, 6) is 0.520. The van der Waals surface area contributed by atoms with Gasteiger partial charge in [0.15, 0.2) is 0 Å². The third kappa shape index (κ3) is 15.5. The highest BCUT2D eigenvalue weighted by Crippen LogP contribution is 2.61. The molecular formula is C138H96N2O2. The second-order valence-corrected chi connectivity index (χ2v) is 36.6. The topological polar surface area (TPSA) is 46.9 Å². The average Bonchev–Trinajstić information content (AvgIpc) is 1.53. The molecular weight excluding hydrogens is 1720 g/mol. The van der Waals surface area contributed by atoms with Crippen molar-refractivity contribution in [2.75, 3.05) is 9.80 Å². The predicted octanol–water partition coefficient (Wildman–Crippen LogP) is 36.3. The third-order valence-electron chi connectivity index (χ3n) is 28.8. The number of phenols is 2. The van der Waals surface area contributed by atoms with E-state index in [1.54, 1.807) is 12.1 Å². The Morgan fingerprint density at radius 1 is 0.148 bits per heavy atom. The van der Waals surface area contributed by atoms with Gasteiger partial charge in [0.25, 0.3) is 0 Å². The van der Waals surface area contributed by atoms with Crippen molar-refractivity contribution in [3.63, 3.8) is 0 Å². The van der Waals surface area contributed by atoms with Crippen molar-refractivity contribution < 1.29 is 10.2 Å². The van der Waals surface area contributed by atoms with Gasteiger partial charge < -0.3 is 20.0 Å². The number of benzene rings is 23. The minimum absolute atomic E-state index is 0.259. The highest BCUT2D eigenvalue weighted by Gasteiger charge is 2.49. The fraction of sp³-hybridized carbons (Fsp3) is 0.0145. The molecule has 4 heteroatoms. The van der Waals surface area contributed by atoms with Crippen LogP contribution in [0.1, 0.15) is 44.5 Å². The van der Waals surface area contributed by atoms with Gasteiger partial charge in [-0.25, -0.2) is 0 Å². The number of hydrogen-bond acceptors (Lipinski definition) is 4. The first kappa shape index (κ1) is 86.4. The van der Waals surface area contributed by atoms with Crippen molar-refractivity contribution in [3.8, 4) is 145 Å². The Balaban J connectivity index is 0.000000154. The van der Waals surface area contributed by atoms with Crippen LogP contribution >= 0.6 is 0 Å². The molecule has 2 N–H and O–H groups in total. The fourth-order valence-electron chi connectivity index (χ4n) is 22.4.